The summed E-state index contributed by atoms with van der Waals surface area (Å²) in [5.74, 6) is 0.566. The van der Waals surface area contributed by atoms with Crippen LogP contribution in [0, 0.1) is 6.92 Å². The number of fused-ring (bicyclic) bond motifs is 1. The molecule has 0 heterocycles. The van der Waals surface area contributed by atoms with Gasteiger partial charge in [-0.1, -0.05) is 60.2 Å². The molecule has 0 aromatic heterocycles. The van der Waals surface area contributed by atoms with Crippen LogP contribution in [0.3, 0.4) is 0 Å². The summed E-state index contributed by atoms with van der Waals surface area (Å²) in [5.41, 5.74) is 2.05. The first-order valence-electron chi connectivity index (χ1n) is 10.3. The lowest BCUT2D eigenvalue weighted by atomic mass is 10.0. The number of hydrogen-bond donors (Lipinski definition) is 0. The van der Waals surface area contributed by atoms with Gasteiger partial charge in [0.05, 0.1) is 4.90 Å². The Morgan fingerprint density at radius 3 is 2.07 bits per heavy atom. The molecule has 3 aromatic rings. The Kier molecular flexibility index (Phi) is 6.61. The number of aryl methyl sites for hydroxylation is 1. The molecule has 0 saturated carbocycles. The van der Waals surface area contributed by atoms with Crippen molar-refractivity contribution in [3.63, 3.8) is 0 Å². The summed E-state index contributed by atoms with van der Waals surface area (Å²) in [6.07, 6.45) is 0.451. The third kappa shape index (κ3) is 5.08. The lowest BCUT2D eigenvalue weighted by Crippen LogP contribution is -2.43. The van der Waals surface area contributed by atoms with Gasteiger partial charge in [-0.05, 0) is 63.1 Å². The van der Waals surface area contributed by atoms with Gasteiger partial charge in [-0.2, -0.15) is 8.42 Å². The van der Waals surface area contributed by atoms with Gasteiger partial charge in [-0.15, -0.1) is 4.40 Å². The van der Waals surface area contributed by atoms with E-state index in [1.807, 2.05) is 19.1 Å². The van der Waals surface area contributed by atoms with Gasteiger partial charge in [0, 0.05) is 18.5 Å². The number of amidine groups is 1. The van der Waals surface area contributed by atoms with Gasteiger partial charge in [0.2, 0.25) is 0 Å². The van der Waals surface area contributed by atoms with Crippen molar-refractivity contribution in [2.45, 2.75) is 58.0 Å². The molecule has 30 heavy (non-hydrogen) atoms. The molecule has 0 aliphatic rings. The molecule has 3 rings (SSSR count). The zero-order chi connectivity index (χ0) is 21.9. The minimum absolute atomic E-state index is 0.123. The standard InChI is InChI=1S/C25H30N2O2S/c1-18(2)27(19(3)4)25(26-30(28,29)24-14-10-20(5)11-15-24)17-21-12-13-22-8-6-7-9-23(22)16-21/h6-16,18-19H,17H2,1-5H3/b26-25-. The minimum atomic E-state index is -3.80. The van der Waals surface area contributed by atoms with E-state index < -0.39 is 10.0 Å². The Morgan fingerprint density at radius 2 is 1.47 bits per heavy atom. The second-order valence-corrected chi connectivity index (χ2v) is 9.85. The number of sulfonamides is 1. The molecule has 0 spiro atoms. The molecule has 0 unspecified atom stereocenters. The van der Waals surface area contributed by atoms with Crippen molar-refractivity contribution >= 4 is 26.6 Å². The lowest BCUT2D eigenvalue weighted by Gasteiger charge is -2.34. The molecular weight excluding hydrogens is 392 g/mol. The van der Waals surface area contributed by atoms with E-state index in [4.69, 9.17) is 0 Å². The van der Waals surface area contributed by atoms with Gasteiger partial charge < -0.3 is 4.90 Å². The fraction of sp³-hybridized carbons (Fsp3) is 0.320. The Morgan fingerprint density at radius 1 is 0.867 bits per heavy atom. The molecule has 0 fully saturated rings. The first-order chi connectivity index (χ1) is 14.2. The number of rotatable bonds is 6. The van der Waals surface area contributed by atoms with E-state index >= 15 is 0 Å². The van der Waals surface area contributed by atoms with Gasteiger partial charge >= 0.3 is 0 Å². The van der Waals surface area contributed by atoms with Gasteiger partial charge in [0.1, 0.15) is 5.84 Å². The van der Waals surface area contributed by atoms with Crippen LogP contribution in [0.15, 0.2) is 76.0 Å². The topological polar surface area (TPSA) is 49.7 Å². The van der Waals surface area contributed by atoms with Crippen LogP contribution in [0.4, 0.5) is 0 Å². The van der Waals surface area contributed by atoms with Crippen LogP contribution in [0.5, 0.6) is 0 Å². The number of nitrogens with zero attached hydrogens (tertiary/aromatic N) is 2. The van der Waals surface area contributed by atoms with Crippen molar-refractivity contribution in [3.8, 4) is 0 Å². The number of hydrogen-bond acceptors (Lipinski definition) is 2. The van der Waals surface area contributed by atoms with Crippen molar-refractivity contribution in [3.05, 3.63) is 77.9 Å². The molecule has 3 aromatic carbocycles. The molecule has 0 aliphatic heterocycles. The average Bonchev–Trinajstić information content (AvgIpc) is 2.67. The molecule has 0 amide bonds. The Labute approximate surface area is 180 Å². The predicted octanol–water partition coefficient (Wildman–Crippen LogP) is 5.60. The Hall–Kier alpha value is -2.66. The monoisotopic (exact) mass is 422 g/mol. The summed E-state index contributed by atoms with van der Waals surface area (Å²) in [6.45, 7) is 10.2. The van der Waals surface area contributed by atoms with Crippen molar-refractivity contribution in [2.75, 3.05) is 0 Å². The molecule has 4 nitrogen and oxygen atoms in total. The van der Waals surface area contributed by atoms with E-state index in [-0.39, 0.29) is 17.0 Å². The van der Waals surface area contributed by atoms with E-state index in [0.717, 1.165) is 21.9 Å². The van der Waals surface area contributed by atoms with Crippen LogP contribution in [-0.2, 0) is 16.4 Å². The Balaban J connectivity index is 2.07. The highest BCUT2D eigenvalue weighted by molar-refractivity contribution is 7.90. The SMILES string of the molecule is Cc1ccc(S(=O)(=O)/N=C(/Cc2ccc3ccccc3c2)N(C(C)C)C(C)C)cc1. The molecule has 0 aliphatic carbocycles. The van der Waals surface area contributed by atoms with Crippen molar-refractivity contribution in [1.82, 2.24) is 4.90 Å². The van der Waals surface area contributed by atoms with Gasteiger partial charge in [0.25, 0.3) is 10.0 Å². The Bertz CT molecular complexity index is 1140. The van der Waals surface area contributed by atoms with Gasteiger partial charge in [-0.3, -0.25) is 0 Å². The quantitative estimate of drug-likeness (QED) is 0.384. The maximum absolute atomic E-state index is 13.1. The van der Waals surface area contributed by atoms with E-state index in [0.29, 0.717) is 12.3 Å². The highest BCUT2D eigenvalue weighted by atomic mass is 32.2. The van der Waals surface area contributed by atoms with Crippen LogP contribution in [0.2, 0.25) is 0 Å². The smallest absolute Gasteiger partial charge is 0.283 e. The molecule has 0 saturated heterocycles. The third-order valence-electron chi connectivity index (χ3n) is 5.13. The molecule has 0 bridgehead atoms. The maximum Gasteiger partial charge on any atom is 0.283 e. The summed E-state index contributed by atoms with van der Waals surface area (Å²) in [6, 6.07) is 21.5. The minimum Gasteiger partial charge on any atom is -0.354 e. The molecule has 0 radical (unpaired) electrons. The molecule has 0 atom stereocenters. The van der Waals surface area contributed by atoms with Crippen LogP contribution in [0.1, 0.15) is 38.8 Å². The predicted molar refractivity (Wildman–Crippen MR) is 126 cm³/mol. The molecule has 158 valence electrons. The lowest BCUT2D eigenvalue weighted by molar-refractivity contribution is 0.288. The zero-order valence-electron chi connectivity index (χ0n) is 18.3. The largest absolute Gasteiger partial charge is 0.354 e. The van der Waals surface area contributed by atoms with E-state index in [2.05, 4.69) is 67.3 Å². The van der Waals surface area contributed by atoms with E-state index in [9.17, 15) is 8.42 Å². The van der Waals surface area contributed by atoms with E-state index in [1.54, 1.807) is 24.3 Å². The average molecular weight is 423 g/mol. The summed E-state index contributed by atoms with van der Waals surface area (Å²) < 4.78 is 30.5. The van der Waals surface area contributed by atoms with Crippen molar-refractivity contribution in [1.29, 1.82) is 0 Å². The normalized spacial score (nSPS) is 12.7. The maximum atomic E-state index is 13.1. The summed E-state index contributed by atoms with van der Waals surface area (Å²) >= 11 is 0. The number of benzene rings is 3. The van der Waals surface area contributed by atoms with E-state index in [1.165, 1.54) is 0 Å². The second kappa shape index (κ2) is 9.00. The highest BCUT2D eigenvalue weighted by Gasteiger charge is 2.23. The first-order valence-corrected chi connectivity index (χ1v) is 11.8. The van der Waals surface area contributed by atoms with Crippen LogP contribution >= 0.6 is 0 Å². The summed E-state index contributed by atoms with van der Waals surface area (Å²) in [7, 11) is -3.80. The van der Waals surface area contributed by atoms with Crippen LogP contribution in [0.25, 0.3) is 10.8 Å². The molecular formula is C25H30N2O2S. The van der Waals surface area contributed by atoms with Gasteiger partial charge in [0.15, 0.2) is 0 Å². The summed E-state index contributed by atoms with van der Waals surface area (Å²) in [4.78, 5) is 2.30. The fourth-order valence-electron chi connectivity index (χ4n) is 3.80. The fourth-order valence-corrected chi connectivity index (χ4v) is 4.82. The van der Waals surface area contributed by atoms with Gasteiger partial charge in [-0.25, -0.2) is 0 Å². The highest BCUT2D eigenvalue weighted by Crippen LogP contribution is 2.20. The molecule has 5 heteroatoms. The van der Waals surface area contributed by atoms with Crippen LogP contribution < -0.4 is 0 Å². The zero-order valence-corrected chi connectivity index (χ0v) is 19.1. The first kappa shape index (κ1) is 22.0. The van der Waals surface area contributed by atoms with Crippen molar-refractivity contribution < 1.29 is 8.42 Å². The van der Waals surface area contributed by atoms with Crippen molar-refractivity contribution in [2.24, 2.45) is 4.40 Å². The third-order valence-corrected chi connectivity index (χ3v) is 6.45. The van der Waals surface area contributed by atoms with Crippen LogP contribution in [-0.4, -0.2) is 31.2 Å². The second-order valence-electron chi connectivity index (χ2n) is 8.25. The molecule has 0 N–H and O–H groups in total. The summed E-state index contributed by atoms with van der Waals surface area (Å²) in [5, 5.41) is 2.30.